The molecule has 6 heteroatoms. The summed E-state index contributed by atoms with van der Waals surface area (Å²) >= 11 is 6.28. The minimum Gasteiger partial charge on any atom is -0.476 e. The van der Waals surface area contributed by atoms with E-state index >= 15 is 0 Å². The van der Waals surface area contributed by atoms with E-state index in [-0.39, 0.29) is 5.54 Å². The summed E-state index contributed by atoms with van der Waals surface area (Å²) in [6, 6.07) is 3.63. The summed E-state index contributed by atoms with van der Waals surface area (Å²) in [7, 11) is 0. The maximum absolute atomic E-state index is 6.28. The van der Waals surface area contributed by atoms with Crippen LogP contribution in [0.1, 0.15) is 33.0 Å². The summed E-state index contributed by atoms with van der Waals surface area (Å²) < 4.78 is 5.73. The third-order valence-corrected chi connectivity index (χ3v) is 3.53. The normalized spacial score (nSPS) is 13.0. The summed E-state index contributed by atoms with van der Waals surface area (Å²) in [4.78, 5) is 12.8. The summed E-state index contributed by atoms with van der Waals surface area (Å²) in [5, 5.41) is 0.470. The van der Waals surface area contributed by atoms with Crippen LogP contribution in [0.15, 0.2) is 24.5 Å². The van der Waals surface area contributed by atoms with E-state index in [1.807, 2.05) is 32.9 Å². The Hall–Kier alpha value is -1.72. The lowest BCUT2D eigenvalue weighted by molar-refractivity contribution is 0.223. The van der Waals surface area contributed by atoms with Crippen LogP contribution in [0.25, 0.3) is 11.3 Å². The molecule has 0 unspecified atom stereocenters. The number of rotatable bonds is 6. The van der Waals surface area contributed by atoms with Crippen molar-refractivity contribution in [2.24, 2.45) is 11.7 Å². The molecule has 0 amide bonds. The van der Waals surface area contributed by atoms with E-state index in [1.54, 1.807) is 12.4 Å². The van der Waals surface area contributed by atoms with Crippen molar-refractivity contribution in [3.05, 3.63) is 35.4 Å². The molecule has 0 aromatic carbocycles. The quantitative estimate of drug-likeness (QED) is 0.872. The van der Waals surface area contributed by atoms with E-state index in [2.05, 4.69) is 21.9 Å². The molecule has 23 heavy (non-hydrogen) atoms. The first-order valence-electron chi connectivity index (χ1n) is 7.62. The molecule has 0 radical (unpaired) electrons. The number of hydrogen-bond acceptors (Lipinski definition) is 5. The van der Waals surface area contributed by atoms with Crippen LogP contribution >= 0.6 is 11.6 Å². The van der Waals surface area contributed by atoms with Crippen molar-refractivity contribution in [3.63, 3.8) is 0 Å². The topological polar surface area (TPSA) is 73.9 Å². The van der Waals surface area contributed by atoms with Crippen molar-refractivity contribution in [2.45, 2.75) is 39.7 Å². The Kier molecular flexibility index (Phi) is 5.55. The first-order chi connectivity index (χ1) is 10.7. The van der Waals surface area contributed by atoms with Crippen molar-refractivity contribution >= 4 is 11.6 Å². The molecule has 0 saturated heterocycles. The third kappa shape index (κ3) is 5.44. The van der Waals surface area contributed by atoms with Crippen molar-refractivity contribution in [1.29, 1.82) is 0 Å². The lowest BCUT2D eigenvalue weighted by Gasteiger charge is -2.23. The van der Waals surface area contributed by atoms with Crippen LogP contribution in [-0.2, 0) is 0 Å². The fourth-order valence-corrected chi connectivity index (χ4v) is 2.69. The minimum atomic E-state index is -0.214. The SMILES string of the molecule is Cc1nccc(-c2cnc(OC[C@@H](C)CC(C)(C)N)c(Cl)c2)n1. The number of nitrogens with zero attached hydrogens (tertiary/aromatic N) is 3. The van der Waals surface area contributed by atoms with Crippen LogP contribution in [0, 0.1) is 12.8 Å². The number of aromatic nitrogens is 3. The smallest absolute Gasteiger partial charge is 0.232 e. The van der Waals surface area contributed by atoms with E-state index in [1.165, 1.54) is 0 Å². The highest BCUT2D eigenvalue weighted by Crippen LogP contribution is 2.27. The van der Waals surface area contributed by atoms with Gasteiger partial charge in [0, 0.05) is 23.5 Å². The lowest BCUT2D eigenvalue weighted by atomic mass is 9.93. The fourth-order valence-electron chi connectivity index (χ4n) is 2.47. The predicted molar refractivity (Wildman–Crippen MR) is 92.6 cm³/mol. The molecule has 0 spiro atoms. The zero-order valence-electron chi connectivity index (χ0n) is 14.0. The molecule has 0 aliphatic carbocycles. The number of aryl methyl sites for hydroxylation is 1. The summed E-state index contributed by atoms with van der Waals surface area (Å²) in [6.07, 6.45) is 4.29. The monoisotopic (exact) mass is 334 g/mol. The van der Waals surface area contributed by atoms with Crippen LogP contribution in [0.3, 0.4) is 0 Å². The summed E-state index contributed by atoms with van der Waals surface area (Å²) in [5.74, 6) is 1.46. The first-order valence-corrected chi connectivity index (χ1v) is 7.99. The second kappa shape index (κ2) is 7.23. The van der Waals surface area contributed by atoms with Gasteiger partial charge in [0.1, 0.15) is 10.8 Å². The number of nitrogens with two attached hydrogens (primary N) is 1. The van der Waals surface area contributed by atoms with Gasteiger partial charge in [0.2, 0.25) is 5.88 Å². The molecule has 2 heterocycles. The maximum atomic E-state index is 6.28. The highest BCUT2D eigenvalue weighted by Gasteiger charge is 2.17. The van der Waals surface area contributed by atoms with Crippen LogP contribution in [-0.4, -0.2) is 27.1 Å². The Morgan fingerprint density at radius 2 is 2.09 bits per heavy atom. The molecule has 2 rings (SSSR count). The second-order valence-corrected chi connectivity index (χ2v) is 7.02. The average Bonchev–Trinajstić information content (AvgIpc) is 2.44. The Balaban J connectivity index is 2.05. The maximum Gasteiger partial charge on any atom is 0.232 e. The molecule has 2 N–H and O–H groups in total. The standard InChI is InChI=1S/C17H23ClN4O/c1-11(8-17(3,4)19)10-23-16-14(18)7-13(9-21-16)15-5-6-20-12(2)22-15/h5-7,9,11H,8,10,19H2,1-4H3/t11-/m0/s1. The van der Waals surface area contributed by atoms with Crippen molar-refractivity contribution in [2.75, 3.05) is 6.61 Å². The van der Waals surface area contributed by atoms with Gasteiger partial charge < -0.3 is 10.5 Å². The molecule has 0 aliphatic rings. The van der Waals surface area contributed by atoms with Gasteiger partial charge in [-0.25, -0.2) is 15.0 Å². The number of halogens is 1. The van der Waals surface area contributed by atoms with Gasteiger partial charge in [-0.2, -0.15) is 0 Å². The molecule has 0 fully saturated rings. The molecule has 2 aromatic rings. The zero-order valence-corrected chi connectivity index (χ0v) is 14.8. The Morgan fingerprint density at radius 3 is 2.70 bits per heavy atom. The van der Waals surface area contributed by atoms with Gasteiger partial charge in [0.15, 0.2) is 0 Å². The Bertz CT molecular complexity index is 670. The van der Waals surface area contributed by atoms with Crippen molar-refractivity contribution in [3.8, 4) is 17.1 Å². The Morgan fingerprint density at radius 1 is 1.35 bits per heavy atom. The molecule has 1 atom stereocenters. The predicted octanol–water partition coefficient (Wildman–Crippen LogP) is 3.64. The number of pyridine rings is 1. The van der Waals surface area contributed by atoms with Crippen LogP contribution in [0.5, 0.6) is 5.88 Å². The second-order valence-electron chi connectivity index (χ2n) is 6.61. The Labute approximate surface area is 142 Å². The van der Waals surface area contributed by atoms with Gasteiger partial charge in [-0.05, 0) is 45.2 Å². The largest absolute Gasteiger partial charge is 0.476 e. The van der Waals surface area contributed by atoms with Crippen LogP contribution in [0.2, 0.25) is 5.02 Å². The van der Waals surface area contributed by atoms with Crippen LogP contribution in [0.4, 0.5) is 0 Å². The summed E-state index contributed by atoms with van der Waals surface area (Å²) in [5.41, 5.74) is 7.43. The lowest BCUT2D eigenvalue weighted by Crippen LogP contribution is -2.35. The highest BCUT2D eigenvalue weighted by molar-refractivity contribution is 6.32. The molecule has 0 saturated carbocycles. The molecule has 0 aliphatic heterocycles. The zero-order chi connectivity index (χ0) is 17.0. The van der Waals surface area contributed by atoms with E-state index < -0.39 is 0 Å². The van der Waals surface area contributed by atoms with Crippen molar-refractivity contribution < 1.29 is 4.74 Å². The number of hydrogen-bond donors (Lipinski definition) is 1. The minimum absolute atomic E-state index is 0.214. The first kappa shape index (κ1) is 17.6. The van der Waals surface area contributed by atoms with E-state index in [0.717, 1.165) is 17.7 Å². The van der Waals surface area contributed by atoms with E-state index in [0.29, 0.717) is 29.3 Å². The molecule has 0 bridgehead atoms. The average molecular weight is 335 g/mol. The molecule has 5 nitrogen and oxygen atoms in total. The number of ether oxygens (including phenoxy) is 1. The fraction of sp³-hybridized carbons (Fsp3) is 0.471. The highest BCUT2D eigenvalue weighted by atomic mass is 35.5. The van der Waals surface area contributed by atoms with E-state index in [9.17, 15) is 0 Å². The molecular weight excluding hydrogens is 312 g/mol. The molecule has 2 aromatic heterocycles. The van der Waals surface area contributed by atoms with Gasteiger partial charge in [0.25, 0.3) is 0 Å². The van der Waals surface area contributed by atoms with Gasteiger partial charge >= 0.3 is 0 Å². The van der Waals surface area contributed by atoms with Gasteiger partial charge in [0.05, 0.1) is 12.3 Å². The summed E-state index contributed by atoms with van der Waals surface area (Å²) in [6.45, 7) is 8.48. The van der Waals surface area contributed by atoms with Gasteiger partial charge in [-0.15, -0.1) is 0 Å². The molecule has 124 valence electrons. The van der Waals surface area contributed by atoms with Gasteiger partial charge in [-0.1, -0.05) is 18.5 Å². The van der Waals surface area contributed by atoms with Crippen LogP contribution < -0.4 is 10.5 Å². The van der Waals surface area contributed by atoms with Gasteiger partial charge in [-0.3, -0.25) is 0 Å². The van der Waals surface area contributed by atoms with Crippen molar-refractivity contribution in [1.82, 2.24) is 15.0 Å². The third-order valence-electron chi connectivity index (χ3n) is 3.26. The molecular formula is C17H23ClN4O. The van der Waals surface area contributed by atoms with E-state index in [4.69, 9.17) is 22.1 Å².